The van der Waals surface area contributed by atoms with E-state index in [0.717, 1.165) is 0 Å². The molecule has 0 fully saturated rings. The normalized spacial score (nSPS) is 13.6. The van der Waals surface area contributed by atoms with Crippen molar-refractivity contribution < 1.29 is 17.9 Å². The molecule has 7 nitrogen and oxygen atoms in total. The van der Waals surface area contributed by atoms with E-state index in [9.17, 15) is 13.2 Å². The number of ether oxygens (including phenoxy) is 1. The van der Waals surface area contributed by atoms with Gasteiger partial charge in [-0.05, 0) is 38.5 Å². The van der Waals surface area contributed by atoms with E-state index in [1.54, 1.807) is 45.0 Å². The minimum absolute atomic E-state index is 0.107. The predicted octanol–water partition coefficient (Wildman–Crippen LogP) is 0.817. The van der Waals surface area contributed by atoms with Gasteiger partial charge in [-0.2, -0.15) is 0 Å². The third kappa shape index (κ3) is 7.56. The van der Waals surface area contributed by atoms with Crippen LogP contribution in [0.5, 0.6) is 0 Å². The fourth-order valence-electron chi connectivity index (χ4n) is 1.95. The number of hydrogen-bond donors (Lipinski definition) is 3. The van der Waals surface area contributed by atoms with Gasteiger partial charge in [0.15, 0.2) is 0 Å². The summed E-state index contributed by atoms with van der Waals surface area (Å²) >= 11 is 0. The van der Waals surface area contributed by atoms with Crippen LogP contribution in [0.1, 0.15) is 26.3 Å². The molecule has 0 aliphatic carbocycles. The number of sulfonamides is 1. The first-order valence-electron chi connectivity index (χ1n) is 7.18. The van der Waals surface area contributed by atoms with Crippen LogP contribution in [0.2, 0.25) is 0 Å². The Morgan fingerprint density at radius 2 is 2.00 bits per heavy atom. The molecular weight excluding hydrogens is 318 g/mol. The Hall–Kier alpha value is -1.48. The molecular formula is C15H25N3O4S. The Labute approximate surface area is 137 Å². The molecule has 1 atom stereocenters. The first-order valence-corrected chi connectivity index (χ1v) is 8.83. The molecule has 0 bridgehead atoms. The number of benzene rings is 1. The summed E-state index contributed by atoms with van der Waals surface area (Å²) in [6.45, 7) is 5.44. The fourth-order valence-corrected chi connectivity index (χ4v) is 3.57. The second-order valence-corrected chi connectivity index (χ2v) is 8.08. The van der Waals surface area contributed by atoms with Gasteiger partial charge in [-0.1, -0.05) is 12.1 Å². The summed E-state index contributed by atoms with van der Waals surface area (Å²) in [5, 5.41) is 2.64. The highest BCUT2D eigenvalue weighted by Gasteiger charge is 2.20. The molecule has 0 saturated heterocycles. The number of rotatable bonds is 7. The second kappa shape index (κ2) is 7.87. The zero-order valence-corrected chi connectivity index (χ0v) is 14.7. The number of carbonyl (C=O) groups excluding carboxylic acids is 1. The van der Waals surface area contributed by atoms with Crippen LogP contribution < -0.4 is 15.8 Å². The summed E-state index contributed by atoms with van der Waals surface area (Å²) in [5.74, 6) is -0.558. The van der Waals surface area contributed by atoms with E-state index < -0.39 is 21.6 Å². The molecule has 1 rings (SSSR count). The Balaban J connectivity index is 2.79. The first-order chi connectivity index (χ1) is 10.5. The summed E-state index contributed by atoms with van der Waals surface area (Å²) in [6.07, 6.45) is 0. The Kier molecular flexibility index (Phi) is 6.69. The van der Waals surface area contributed by atoms with Crippen LogP contribution in [0.25, 0.3) is 0 Å². The number of methoxy groups -OCH3 is 1. The van der Waals surface area contributed by atoms with Crippen LogP contribution >= 0.6 is 0 Å². The molecule has 4 N–H and O–H groups in total. The number of anilines is 1. The summed E-state index contributed by atoms with van der Waals surface area (Å²) in [6, 6.07) is 5.87. The second-order valence-electron chi connectivity index (χ2n) is 6.36. The maximum absolute atomic E-state index is 12.1. The number of nitrogens with one attached hydrogen (secondary N) is 2. The lowest BCUT2D eigenvalue weighted by Gasteiger charge is -2.20. The summed E-state index contributed by atoms with van der Waals surface area (Å²) in [4.78, 5) is 11.8. The zero-order chi connectivity index (χ0) is 17.7. The fraction of sp³-hybridized carbons (Fsp3) is 0.533. The van der Waals surface area contributed by atoms with E-state index in [0.29, 0.717) is 11.3 Å². The molecule has 0 aliphatic rings. The van der Waals surface area contributed by atoms with E-state index in [1.165, 1.54) is 7.11 Å². The quantitative estimate of drug-likeness (QED) is 0.679. The number of carbonyl (C=O) groups is 1. The molecule has 0 saturated carbocycles. The third-order valence-corrected chi connectivity index (χ3v) is 4.33. The van der Waals surface area contributed by atoms with Crippen molar-refractivity contribution >= 4 is 21.6 Å². The molecule has 0 aromatic heterocycles. The number of nitrogens with two attached hydrogens (primary N) is 1. The van der Waals surface area contributed by atoms with Crippen molar-refractivity contribution in [2.24, 2.45) is 5.73 Å². The van der Waals surface area contributed by atoms with Gasteiger partial charge in [0.1, 0.15) is 6.04 Å². The van der Waals surface area contributed by atoms with Crippen LogP contribution in [0.15, 0.2) is 24.3 Å². The van der Waals surface area contributed by atoms with Gasteiger partial charge < -0.3 is 15.8 Å². The van der Waals surface area contributed by atoms with Crippen LogP contribution in [-0.4, -0.2) is 39.6 Å². The topological polar surface area (TPSA) is 111 Å². The van der Waals surface area contributed by atoms with Crippen molar-refractivity contribution in [1.29, 1.82) is 0 Å². The zero-order valence-electron chi connectivity index (χ0n) is 13.9. The molecule has 0 heterocycles. The van der Waals surface area contributed by atoms with Gasteiger partial charge in [-0.3, -0.25) is 4.79 Å². The molecule has 1 unspecified atom stereocenters. The molecule has 1 aromatic rings. The standard InChI is InChI=1S/C15H25N3O4S/c1-15(2,3)18-23(20,21)10-11-6-5-7-12(8-11)17-14(19)13(16)9-22-4/h5-8,13,18H,9-10,16H2,1-4H3,(H,17,19). The summed E-state index contributed by atoms with van der Waals surface area (Å²) < 4.78 is 31.6. The van der Waals surface area contributed by atoms with E-state index in [-0.39, 0.29) is 18.3 Å². The predicted molar refractivity (Wildman–Crippen MR) is 90.4 cm³/mol. The maximum atomic E-state index is 12.1. The van der Waals surface area contributed by atoms with Crippen molar-refractivity contribution in [3.8, 4) is 0 Å². The van der Waals surface area contributed by atoms with Crippen molar-refractivity contribution in [3.63, 3.8) is 0 Å². The lowest BCUT2D eigenvalue weighted by molar-refractivity contribution is -0.118. The Morgan fingerprint density at radius 1 is 1.35 bits per heavy atom. The van der Waals surface area contributed by atoms with Crippen molar-refractivity contribution in [2.45, 2.75) is 38.1 Å². The van der Waals surface area contributed by atoms with Gasteiger partial charge in [0, 0.05) is 18.3 Å². The van der Waals surface area contributed by atoms with Gasteiger partial charge in [0.25, 0.3) is 0 Å². The average molecular weight is 343 g/mol. The lowest BCUT2D eigenvalue weighted by atomic mass is 10.1. The van der Waals surface area contributed by atoms with E-state index in [2.05, 4.69) is 10.0 Å². The van der Waals surface area contributed by atoms with Gasteiger partial charge in [0.05, 0.1) is 12.4 Å². The summed E-state index contributed by atoms with van der Waals surface area (Å²) in [7, 11) is -2.01. The van der Waals surface area contributed by atoms with Gasteiger partial charge in [-0.25, -0.2) is 13.1 Å². The van der Waals surface area contributed by atoms with Crippen LogP contribution in [0, 0.1) is 0 Å². The molecule has 8 heteroatoms. The highest BCUT2D eigenvalue weighted by Crippen LogP contribution is 2.14. The Morgan fingerprint density at radius 3 is 2.57 bits per heavy atom. The van der Waals surface area contributed by atoms with Crippen LogP contribution in [-0.2, 0) is 25.3 Å². The first kappa shape index (κ1) is 19.6. The van der Waals surface area contributed by atoms with Gasteiger partial charge >= 0.3 is 0 Å². The molecule has 0 spiro atoms. The van der Waals surface area contributed by atoms with E-state index in [4.69, 9.17) is 10.5 Å². The molecule has 0 aliphatic heterocycles. The van der Waals surface area contributed by atoms with Gasteiger partial charge in [0.2, 0.25) is 15.9 Å². The number of hydrogen-bond acceptors (Lipinski definition) is 5. The largest absolute Gasteiger partial charge is 0.383 e. The summed E-state index contributed by atoms with van der Waals surface area (Å²) in [5.41, 5.74) is 6.16. The minimum Gasteiger partial charge on any atom is -0.383 e. The highest BCUT2D eigenvalue weighted by molar-refractivity contribution is 7.88. The van der Waals surface area contributed by atoms with Crippen molar-refractivity contribution in [3.05, 3.63) is 29.8 Å². The molecule has 130 valence electrons. The van der Waals surface area contributed by atoms with Crippen molar-refractivity contribution in [2.75, 3.05) is 19.0 Å². The lowest BCUT2D eigenvalue weighted by Crippen LogP contribution is -2.41. The molecule has 0 radical (unpaired) electrons. The highest BCUT2D eigenvalue weighted by atomic mass is 32.2. The van der Waals surface area contributed by atoms with Gasteiger partial charge in [-0.15, -0.1) is 0 Å². The molecule has 1 aromatic carbocycles. The third-order valence-electron chi connectivity index (χ3n) is 2.70. The SMILES string of the molecule is COCC(N)C(=O)Nc1cccc(CS(=O)(=O)NC(C)(C)C)c1. The average Bonchev–Trinajstić information content (AvgIpc) is 2.35. The maximum Gasteiger partial charge on any atom is 0.243 e. The van der Waals surface area contributed by atoms with Crippen molar-refractivity contribution in [1.82, 2.24) is 4.72 Å². The minimum atomic E-state index is -3.47. The van der Waals surface area contributed by atoms with E-state index in [1.807, 2.05) is 0 Å². The number of amides is 1. The van der Waals surface area contributed by atoms with Crippen LogP contribution in [0.3, 0.4) is 0 Å². The Bertz CT molecular complexity index is 638. The smallest absolute Gasteiger partial charge is 0.243 e. The van der Waals surface area contributed by atoms with E-state index >= 15 is 0 Å². The monoisotopic (exact) mass is 343 g/mol. The molecule has 1 amide bonds. The van der Waals surface area contributed by atoms with Crippen LogP contribution in [0.4, 0.5) is 5.69 Å². The molecule has 23 heavy (non-hydrogen) atoms.